The van der Waals surface area contributed by atoms with Gasteiger partial charge in [0.25, 0.3) is 0 Å². The summed E-state index contributed by atoms with van der Waals surface area (Å²) in [4.78, 5) is 11.8. The van der Waals surface area contributed by atoms with Gasteiger partial charge in [-0.1, -0.05) is 36.4 Å². The molecule has 0 unspecified atom stereocenters. The molecule has 2 aromatic rings. The SMILES string of the molecule is COC(=O)/C(c1ccccc1)=[N+](/[O-])c1ccccc1. The van der Waals surface area contributed by atoms with Gasteiger partial charge >= 0.3 is 11.7 Å². The van der Waals surface area contributed by atoms with Crippen LogP contribution >= 0.6 is 0 Å². The molecule has 0 saturated heterocycles. The number of hydrogen-bond acceptors (Lipinski definition) is 3. The highest BCUT2D eigenvalue weighted by molar-refractivity contribution is 6.41. The second-order valence-corrected chi connectivity index (χ2v) is 3.84. The molecule has 0 amide bonds. The number of carbonyl (C=O) groups is 1. The minimum atomic E-state index is -0.662. The summed E-state index contributed by atoms with van der Waals surface area (Å²) in [5, 5.41) is 12.3. The van der Waals surface area contributed by atoms with Crippen molar-refractivity contribution in [3.8, 4) is 0 Å². The number of carbonyl (C=O) groups excluding carboxylic acids is 1. The Morgan fingerprint density at radius 2 is 1.53 bits per heavy atom. The Kier molecular flexibility index (Phi) is 3.93. The third-order valence-electron chi connectivity index (χ3n) is 2.62. The molecule has 4 nitrogen and oxygen atoms in total. The second kappa shape index (κ2) is 5.82. The molecule has 0 fully saturated rings. The van der Waals surface area contributed by atoms with Crippen LogP contribution in [0.5, 0.6) is 0 Å². The van der Waals surface area contributed by atoms with Crippen LogP contribution in [0.1, 0.15) is 5.56 Å². The summed E-state index contributed by atoms with van der Waals surface area (Å²) in [6.07, 6.45) is 0. The van der Waals surface area contributed by atoms with E-state index in [-0.39, 0.29) is 5.71 Å². The van der Waals surface area contributed by atoms with Crippen molar-refractivity contribution in [3.05, 3.63) is 71.4 Å². The van der Waals surface area contributed by atoms with Gasteiger partial charge in [0.2, 0.25) is 5.69 Å². The molecule has 0 radical (unpaired) electrons. The van der Waals surface area contributed by atoms with Gasteiger partial charge in [0.05, 0.1) is 12.7 Å². The lowest BCUT2D eigenvalue weighted by atomic mass is 10.1. The number of esters is 1. The van der Waals surface area contributed by atoms with Crippen molar-refractivity contribution in [3.63, 3.8) is 0 Å². The molecule has 0 aliphatic heterocycles. The number of hydrogen-bond donors (Lipinski definition) is 0. The summed E-state index contributed by atoms with van der Waals surface area (Å²) < 4.78 is 5.28. The van der Waals surface area contributed by atoms with E-state index in [1.165, 1.54) is 7.11 Å². The Balaban J connectivity index is 2.58. The Morgan fingerprint density at radius 3 is 2.05 bits per heavy atom. The van der Waals surface area contributed by atoms with Gasteiger partial charge in [-0.3, -0.25) is 0 Å². The van der Waals surface area contributed by atoms with Gasteiger partial charge in [-0.15, -0.1) is 0 Å². The van der Waals surface area contributed by atoms with E-state index in [9.17, 15) is 10.0 Å². The first-order valence-corrected chi connectivity index (χ1v) is 5.77. The molecule has 0 aliphatic carbocycles. The van der Waals surface area contributed by atoms with Gasteiger partial charge in [-0.05, 0) is 12.1 Å². The minimum absolute atomic E-state index is 0.0331. The first kappa shape index (κ1) is 12.8. The highest BCUT2D eigenvalue weighted by Crippen LogP contribution is 2.13. The quantitative estimate of drug-likeness (QED) is 0.278. The van der Waals surface area contributed by atoms with Crippen molar-refractivity contribution < 1.29 is 14.3 Å². The molecule has 2 rings (SSSR count). The smallest absolute Gasteiger partial charge is 0.405 e. The number of benzene rings is 2. The Morgan fingerprint density at radius 1 is 1.00 bits per heavy atom. The Hall–Kier alpha value is -2.62. The normalized spacial score (nSPS) is 11.6. The molecular formula is C15H13NO3. The zero-order chi connectivity index (χ0) is 13.7. The predicted molar refractivity (Wildman–Crippen MR) is 72.3 cm³/mol. The van der Waals surface area contributed by atoms with Crippen LogP contribution < -0.4 is 0 Å². The lowest BCUT2D eigenvalue weighted by Gasteiger charge is -2.08. The molecular weight excluding hydrogens is 242 g/mol. The minimum Gasteiger partial charge on any atom is -0.618 e. The fourth-order valence-electron chi connectivity index (χ4n) is 1.70. The van der Waals surface area contributed by atoms with Crippen molar-refractivity contribution in [2.24, 2.45) is 0 Å². The summed E-state index contributed by atoms with van der Waals surface area (Å²) in [6.45, 7) is 0. The van der Waals surface area contributed by atoms with Crippen LogP contribution in [0.2, 0.25) is 0 Å². The Labute approximate surface area is 111 Å². The lowest BCUT2D eigenvalue weighted by Crippen LogP contribution is -2.24. The molecule has 0 bridgehead atoms. The molecule has 19 heavy (non-hydrogen) atoms. The summed E-state index contributed by atoms with van der Waals surface area (Å²) >= 11 is 0. The number of nitrogens with zero attached hydrogens (tertiary/aromatic N) is 1. The predicted octanol–water partition coefficient (Wildman–Crippen LogP) is 2.49. The van der Waals surface area contributed by atoms with Crippen molar-refractivity contribution >= 4 is 17.4 Å². The van der Waals surface area contributed by atoms with E-state index in [2.05, 4.69) is 0 Å². The zero-order valence-corrected chi connectivity index (χ0v) is 10.4. The maximum absolute atomic E-state index is 12.3. The van der Waals surface area contributed by atoms with Gasteiger partial charge < -0.3 is 9.94 Å². The van der Waals surface area contributed by atoms with Crippen molar-refractivity contribution in [2.45, 2.75) is 0 Å². The van der Waals surface area contributed by atoms with E-state index in [0.29, 0.717) is 16.0 Å². The molecule has 0 N–H and O–H groups in total. The highest BCUT2D eigenvalue weighted by Gasteiger charge is 2.24. The molecule has 0 spiro atoms. The standard InChI is InChI=1S/C15H13NO3/c1-19-15(17)14(12-8-4-2-5-9-12)16(18)13-10-6-3-7-11-13/h2-11H,1H3/b16-14+. The van der Waals surface area contributed by atoms with Gasteiger partial charge in [0.15, 0.2) is 0 Å². The van der Waals surface area contributed by atoms with Crippen molar-refractivity contribution in [2.75, 3.05) is 7.11 Å². The van der Waals surface area contributed by atoms with Crippen LogP contribution in [0, 0.1) is 5.21 Å². The van der Waals surface area contributed by atoms with E-state index in [4.69, 9.17) is 4.74 Å². The molecule has 96 valence electrons. The number of para-hydroxylation sites is 1. The number of methoxy groups -OCH3 is 1. The van der Waals surface area contributed by atoms with Crippen molar-refractivity contribution in [1.82, 2.24) is 0 Å². The van der Waals surface area contributed by atoms with E-state index in [1.54, 1.807) is 54.6 Å². The van der Waals surface area contributed by atoms with Crippen LogP contribution in [0.15, 0.2) is 60.7 Å². The van der Waals surface area contributed by atoms with Crippen LogP contribution in [0.3, 0.4) is 0 Å². The molecule has 0 aromatic heterocycles. The fraction of sp³-hybridized carbons (Fsp3) is 0.0667. The number of ether oxygens (including phenoxy) is 1. The van der Waals surface area contributed by atoms with Gasteiger partial charge in [-0.25, -0.2) is 4.79 Å². The average molecular weight is 255 g/mol. The topological polar surface area (TPSA) is 52.4 Å². The summed E-state index contributed by atoms with van der Waals surface area (Å²) in [6, 6.07) is 17.3. The van der Waals surface area contributed by atoms with Gasteiger partial charge in [-0.2, -0.15) is 4.74 Å². The third kappa shape index (κ3) is 2.80. The zero-order valence-electron chi connectivity index (χ0n) is 10.4. The van der Waals surface area contributed by atoms with Gasteiger partial charge in [0, 0.05) is 12.1 Å². The van der Waals surface area contributed by atoms with Gasteiger partial charge in [0.1, 0.15) is 0 Å². The van der Waals surface area contributed by atoms with E-state index in [0.717, 1.165) is 0 Å². The van der Waals surface area contributed by atoms with Crippen molar-refractivity contribution in [1.29, 1.82) is 0 Å². The monoisotopic (exact) mass is 255 g/mol. The molecule has 0 heterocycles. The molecule has 4 heteroatoms. The van der Waals surface area contributed by atoms with Crippen LogP contribution in [-0.2, 0) is 9.53 Å². The van der Waals surface area contributed by atoms with E-state index in [1.807, 2.05) is 6.07 Å². The van der Waals surface area contributed by atoms with E-state index >= 15 is 0 Å². The first-order valence-electron chi connectivity index (χ1n) is 5.77. The largest absolute Gasteiger partial charge is 0.618 e. The summed E-state index contributed by atoms with van der Waals surface area (Å²) in [7, 11) is 1.25. The second-order valence-electron chi connectivity index (χ2n) is 3.84. The molecule has 0 aliphatic rings. The highest BCUT2D eigenvalue weighted by atomic mass is 16.5. The fourth-order valence-corrected chi connectivity index (χ4v) is 1.70. The van der Waals surface area contributed by atoms with Crippen LogP contribution in [0.25, 0.3) is 0 Å². The summed E-state index contributed by atoms with van der Waals surface area (Å²) in [5.41, 5.74) is 0.870. The summed E-state index contributed by atoms with van der Waals surface area (Å²) in [5.74, 6) is -0.662. The lowest BCUT2D eigenvalue weighted by molar-refractivity contribution is -0.360. The first-order chi connectivity index (χ1) is 9.24. The number of rotatable bonds is 3. The van der Waals surface area contributed by atoms with Crippen LogP contribution in [0.4, 0.5) is 5.69 Å². The maximum atomic E-state index is 12.3. The Bertz CT molecular complexity index is 591. The third-order valence-corrected chi connectivity index (χ3v) is 2.62. The maximum Gasteiger partial charge on any atom is 0.405 e. The van der Waals surface area contributed by atoms with E-state index < -0.39 is 5.97 Å². The van der Waals surface area contributed by atoms with Crippen LogP contribution in [-0.4, -0.2) is 23.5 Å². The average Bonchev–Trinajstić information content (AvgIpc) is 2.49. The molecule has 0 atom stereocenters. The molecule has 0 saturated carbocycles. The molecule has 2 aromatic carbocycles.